The molecule has 1 saturated heterocycles. The zero-order valence-corrected chi connectivity index (χ0v) is 16.1. The lowest BCUT2D eigenvalue weighted by atomic mass is 9.96. The molecule has 1 unspecified atom stereocenters. The van der Waals surface area contributed by atoms with E-state index in [-0.39, 0.29) is 17.7 Å². The minimum absolute atomic E-state index is 0.0307. The lowest BCUT2D eigenvalue weighted by Gasteiger charge is -2.32. The Balaban J connectivity index is 1.64. The summed E-state index contributed by atoms with van der Waals surface area (Å²) in [6, 6.07) is 14.7. The highest BCUT2D eigenvalue weighted by atomic mass is 35.5. The lowest BCUT2D eigenvalue weighted by Crippen LogP contribution is -2.43. The maximum atomic E-state index is 12.7. The van der Waals surface area contributed by atoms with Crippen LogP contribution < -0.4 is 5.32 Å². The van der Waals surface area contributed by atoms with Crippen LogP contribution in [-0.2, 0) is 4.79 Å². The number of carbonyl (C=O) groups excluding carboxylic acids is 2. The van der Waals surface area contributed by atoms with Crippen molar-refractivity contribution in [2.75, 3.05) is 24.7 Å². The number of nitrogens with zero attached hydrogens (tertiary/aromatic N) is 1. The van der Waals surface area contributed by atoms with Gasteiger partial charge in [0.15, 0.2) is 0 Å². The first-order chi connectivity index (χ1) is 12.6. The molecule has 0 saturated carbocycles. The van der Waals surface area contributed by atoms with Crippen molar-refractivity contribution in [1.29, 1.82) is 0 Å². The second-order valence-corrected chi connectivity index (χ2v) is 7.63. The van der Waals surface area contributed by atoms with E-state index >= 15 is 0 Å². The normalized spacial score (nSPS) is 17.0. The summed E-state index contributed by atoms with van der Waals surface area (Å²) in [6.07, 6.45) is 3.61. The van der Waals surface area contributed by atoms with Gasteiger partial charge in [-0.05, 0) is 61.6 Å². The molecule has 0 radical (unpaired) electrons. The van der Waals surface area contributed by atoms with Crippen LogP contribution in [-0.4, -0.2) is 36.1 Å². The highest BCUT2D eigenvalue weighted by Gasteiger charge is 2.29. The van der Waals surface area contributed by atoms with E-state index in [1.54, 1.807) is 40.9 Å². The summed E-state index contributed by atoms with van der Waals surface area (Å²) in [5.74, 6) is -0.279. The van der Waals surface area contributed by atoms with Crippen molar-refractivity contribution in [2.24, 2.45) is 5.92 Å². The number of benzene rings is 2. The van der Waals surface area contributed by atoms with Gasteiger partial charge in [0, 0.05) is 34.3 Å². The maximum absolute atomic E-state index is 12.7. The summed E-state index contributed by atoms with van der Waals surface area (Å²) >= 11 is 7.52. The third kappa shape index (κ3) is 4.59. The Morgan fingerprint density at radius 1 is 1.19 bits per heavy atom. The molecule has 2 aromatic carbocycles. The van der Waals surface area contributed by atoms with E-state index in [0.717, 1.165) is 23.4 Å². The average Bonchev–Trinajstić information content (AvgIpc) is 2.68. The third-order valence-electron chi connectivity index (χ3n) is 4.51. The van der Waals surface area contributed by atoms with Crippen molar-refractivity contribution in [3.63, 3.8) is 0 Å². The number of carbonyl (C=O) groups is 2. The van der Waals surface area contributed by atoms with Crippen molar-refractivity contribution < 1.29 is 9.59 Å². The molecule has 6 heteroatoms. The molecular formula is C20H21ClN2O2S. The van der Waals surface area contributed by atoms with E-state index < -0.39 is 0 Å². The number of halogens is 1. The van der Waals surface area contributed by atoms with Crippen molar-refractivity contribution >= 4 is 40.9 Å². The monoisotopic (exact) mass is 388 g/mol. The number of anilines is 1. The van der Waals surface area contributed by atoms with Gasteiger partial charge < -0.3 is 10.2 Å². The Hall–Kier alpha value is -1.98. The van der Waals surface area contributed by atoms with Gasteiger partial charge in [-0.3, -0.25) is 9.59 Å². The predicted molar refractivity (Wildman–Crippen MR) is 107 cm³/mol. The fraction of sp³-hybridized carbons (Fsp3) is 0.300. The van der Waals surface area contributed by atoms with Crippen LogP contribution in [0.1, 0.15) is 23.2 Å². The summed E-state index contributed by atoms with van der Waals surface area (Å²) in [5, 5.41) is 3.59. The molecule has 1 atom stereocenters. The summed E-state index contributed by atoms with van der Waals surface area (Å²) in [7, 11) is 0. The van der Waals surface area contributed by atoms with Crippen molar-refractivity contribution in [3.8, 4) is 0 Å². The fourth-order valence-electron chi connectivity index (χ4n) is 3.10. The average molecular weight is 389 g/mol. The Morgan fingerprint density at radius 2 is 1.96 bits per heavy atom. The number of nitrogens with one attached hydrogen (secondary N) is 1. The molecule has 1 fully saturated rings. The first-order valence-electron chi connectivity index (χ1n) is 8.56. The van der Waals surface area contributed by atoms with Crippen LogP contribution in [0.2, 0.25) is 5.02 Å². The van der Waals surface area contributed by atoms with Gasteiger partial charge in [0.25, 0.3) is 5.91 Å². The van der Waals surface area contributed by atoms with E-state index in [1.165, 1.54) is 0 Å². The smallest absolute Gasteiger partial charge is 0.253 e. The van der Waals surface area contributed by atoms with Crippen LogP contribution >= 0.6 is 23.4 Å². The minimum atomic E-state index is -0.196. The van der Waals surface area contributed by atoms with E-state index in [2.05, 4.69) is 5.32 Å². The minimum Gasteiger partial charge on any atom is -0.338 e. The molecular weight excluding hydrogens is 368 g/mol. The quantitative estimate of drug-likeness (QED) is 0.781. The Morgan fingerprint density at radius 3 is 2.69 bits per heavy atom. The standard InChI is InChI=1S/C20H21ClN2O2S/c1-26-18-6-2-5-17(12-18)22-19(24)15-4-3-11-23(13-15)20(25)14-7-9-16(21)10-8-14/h2,5-10,12,15H,3-4,11,13H2,1H3,(H,22,24). The van der Waals surface area contributed by atoms with E-state index in [0.29, 0.717) is 23.7 Å². The molecule has 0 aliphatic carbocycles. The Labute approximate surface area is 162 Å². The Bertz CT molecular complexity index is 795. The molecule has 26 heavy (non-hydrogen) atoms. The van der Waals surface area contributed by atoms with E-state index in [9.17, 15) is 9.59 Å². The van der Waals surface area contributed by atoms with Gasteiger partial charge in [0.2, 0.25) is 5.91 Å². The highest BCUT2D eigenvalue weighted by Crippen LogP contribution is 2.23. The molecule has 2 amide bonds. The zero-order valence-electron chi connectivity index (χ0n) is 14.6. The Kier molecular flexibility index (Phi) is 6.22. The third-order valence-corrected chi connectivity index (χ3v) is 5.49. The molecule has 0 bridgehead atoms. The molecule has 1 N–H and O–H groups in total. The van der Waals surface area contributed by atoms with E-state index in [4.69, 9.17) is 11.6 Å². The van der Waals surface area contributed by atoms with Gasteiger partial charge >= 0.3 is 0 Å². The first-order valence-corrected chi connectivity index (χ1v) is 10.2. The van der Waals surface area contributed by atoms with Crippen LogP contribution in [0.25, 0.3) is 0 Å². The molecule has 0 aromatic heterocycles. The maximum Gasteiger partial charge on any atom is 0.253 e. The number of hydrogen-bond donors (Lipinski definition) is 1. The number of hydrogen-bond acceptors (Lipinski definition) is 3. The summed E-state index contributed by atoms with van der Waals surface area (Å²) in [4.78, 5) is 28.2. The zero-order chi connectivity index (χ0) is 18.5. The predicted octanol–water partition coefficient (Wildman–Crippen LogP) is 4.55. The van der Waals surface area contributed by atoms with Crippen LogP contribution in [0.15, 0.2) is 53.4 Å². The molecule has 1 aliphatic rings. The number of piperidine rings is 1. The number of thioether (sulfide) groups is 1. The van der Waals surface area contributed by atoms with Gasteiger partial charge in [-0.25, -0.2) is 0 Å². The van der Waals surface area contributed by atoms with Crippen LogP contribution in [0, 0.1) is 5.92 Å². The lowest BCUT2D eigenvalue weighted by molar-refractivity contribution is -0.121. The largest absolute Gasteiger partial charge is 0.338 e. The van der Waals surface area contributed by atoms with Gasteiger partial charge in [-0.1, -0.05) is 17.7 Å². The second kappa shape index (κ2) is 8.60. The summed E-state index contributed by atoms with van der Waals surface area (Å²) < 4.78 is 0. The summed E-state index contributed by atoms with van der Waals surface area (Å²) in [5.41, 5.74) is 1.39. The molecule has 3 rings (SSSR count). The SMILES string of the molecule is CSc1cccc(NC(=O)C2CCCN(C(=O)c3ccc(Cl)cc3)C2)c1. The van der Waals surface area contributed by atoms with Crippen LogP contribution in [0.4, 0.5) is 5.69 Å². The highest BCUT2D eigenvalue weighted by molar-refractivity contribution is 7.98. The van der Waals surface area contributed by atoms with Crippen molar-refractivity contribution in [3.05, 3.63) is 59.1 Å². The van der Waals surface area contributed by atoms with E-state index in [1.807, 2.05) is 30.5 Å². The van der Waals surface area contributed by atoms with Crippen LogP contribution in [0.3, 0.4) is 0 Å². The molecule has 1 aliphatic heterocycles. The van der Waals surface area contributed by atoms with Crippen LogP contribution in [0.5, 0.6) is 0 Å². The topological polar surface area (TPSA) is 49.4 Å². The van der Waals surface area contributed by atoms with Gasteiger partial charge in [0.1, 0.15) is 0 Å². The second-order valence-electron chi connectivity index (χ2n) is 6.32. The number of amides is 2. The van der Waals surface area contributed by atoms with Crippen molar-refractivity contribution in [1.82, 2.24) is 4.90 Å². The molecule has 2 aromatic rings. The first kappa shape index (κ1) is 18.8. The molecule has 136 valence electrons. The van der Waals surface area contributed by atoms with Gasteiger partial charge in [0.05, 0.1) is 5.92 Å². The number of rotatable bonds is 4. The molecule has 1 heterocycles. The molecule has 0 spiro atoms. The number of likely N-dealkylation sites (tertiary alicyclic amines) is 1. The van der Waals surface area contributed by atoms with Crippen molar-refractivity contribution in [2.45, 2.75) is 17.7 Å². The van der Waals surface area contributed by atoms with Gasteiger partial charge in [-0.15, -0.1) is 11.8 Å². The summed E-state index contributed by atoms with van der Waals surface area (Å²) in [6.45, 7) is 1.11. The fourth-order valence-corrected chi connectivity index (χ4v) is 3.68. The van der Waals surface area contributed by atoms with Gasteiger partial charge in [-0.2, -0.15) is 0 Å². The molecule has 4 nitrogen and oxygen atoms in total.